The molecule has 2 unspecified atom stereocenters. The number of methoxy groups -OCH3 is 1. The molecule has 1 aromatic carbocycles. The maximum atomic E-state index is 13.0. The number of ether oxygens (including phenoxy) is 3. The quantitative estimate of drug-likeness (QED) is 0.580. The number of rotatable bonds is 7. The van der Waals surface area contributed by atoms with E-state index in [-0.39, 0.29) is 17.3 Å². The first kappa shape index (κ1) is 23.2. The predicted molar refractivity (Wildman–Crippen MR) is 121 cm³/mol. The van der Waals surface area contributed by atoms with Gasteiger partial charge in [-0.2, -0.15) is 0 Å². The van der Waals surface area contributed by atoms with Crippen LogP contribution in [-0.2, 0) is 14.3 Å². The highest BCUT2D eigenvalue weighted by Crippen LogP contribution is 2.45. The molecule has 0 spiro atoms. The summed E-state index contributed by atoms with van der Waals surface area (Å²) in [6, 6.07) is 4.86. The van der Waals surface area contributed by atoms with E-state index in [1.165, 1.54) is 11.8 Å². The molecule has 2 atom stereocenters. The van der Waals surface area contributed by atoms with E-state index < -0.39 is 12.0 Å². The molecule has 1 saturated heterocycles. The van der Waals surface area contributed by atoms with Crippen molar-refractivity contribution >= 4 is 28.8 Å². The molecule has 7 nitrogen and oxygen atoms in total. The van der Waals surface area contributed by atoms with Crippen molar-refractivity contribution < 1.29 is 23.8 Å². The summed E-state index contributed by atoms with van der Waals surface area (Å²) in [5.74, 6) is 0.966. The van der Waals surface area contributed by atoms with Crippen LogP contribution in [0.5, 0.6) is 11.5 Å². The second kappa shape index (κ2) is 9.34. The van der Waals surface area contributed by atoms with Crippen molar-refractivity contribution in [1.82, 2.24) is 4.90 Å². The maximum Gasteiger partial charge on any atom is 0.338 e. The van der Waals surface area contributed by atoms with Crippen LogP contribution < -0.4 is 9.47 Å². The molecule has 0 aromatic heterocycles. The van der Waals surface area contributed by atoms with E-state index in [1.807, 2.05) is 25.1 Å². The number of benzene rings is 1. The number of hydrogen-bond acceptors (Lipinski definition) is 7. The molecule has 0 saturated carbocycles. The topological polar surface area (TPSA) is 77.4 Å². The fourth-order valence-corrected chi connectivity index (χ4v) is 4.52. The molecule has 3 rings (SSSR count). The molecule has 2 heterocycles. The smallest absolute Gasteiger partial charge is 0.338 e. The summed E-state index contributed by atoms with van der Waals surface area (Å²) >= 11 is 1.40. The number of thioether (sulfide) groups is 1. The van der Waals surface area contributed by atoms with Gasteiger partial charge in [0.1, 0.15) is 0 Å². The molecule has 1 amide bonds. The van der Waals surface area contributed by atoms with Crippen LogP contribution in [0.4, 0.5) is 0 Å². The molecule has 2 aliphatic rings. The second-order valence-corrected chi connectivity index (χ2v) is 9.64. The summed E-state index contributed by atoms with van der Waals surface area (Å²) < 4.78 is 16.9. The monoisotopic (exact) mass is 446 g/mol. The summed E-state index contributed by atoms with van der Waals surface area (Å²) in [4.78, 5) is 32.2. The third-order valence-electron chi connectivity index (χ3n) is 4.90. The van der Waals surface area contributed by atoms with E-state index in [2.05, 4.69) is 18.8 Å². The molecule has 1 aromatic rings. The zero-order valence-electron chi connectivity index (χ0n) is 19.1. The summed E-state index contributed by atoms with van der Waals surface area (Å²) in [6.07, 6.45) is -0.289. The minimum absolute atomic E-state index is 0.0878. The Morgan fingerprint density at radius 2 is 1.94 bits per heavy atom. The van der Waals surface area contributed by atoms with Crippen molar-refractivity contribution in [3.63, 3.8) is 0 Å². The number of amidine groups is 1. The van der Waals surface area contributed by atoms with Crippen LogP contribution in [0.2, 0.25) is 0 Å². The predicted octanol–water partition coefficient (Wildman–Crippen LogP) is 4.33. The van der Waals surface area contributed by atoms with E-state index >= 15 is 0 Å². The Balaban J connectivity index is 2.08. The van der Waals surface area contributed by atoms with Gasteiger partial charge in [0.25, 0.3) is 0 Å². The van der Waals surface area contributed by atoms with Gasteiger partial charge in [-0.05, 0) is 51.3 Å². The van der Waals surface area contributed by atoms with E-state index in [0.717, 1.165) is 5.56 Å². The minimum Gasteiger partial charge on any atom is -0.493 e. The van der Waals surface area contributed by atoms with Crippen molar-refractivity contribution in [3.8, 4) is 11.5 Å². The zero-order chi connectivity index (χ0) is 22.9. The van der Waals surface area contributed by atoms with Crippen molar-refractivity contribution in [3.05, 3.63) is 35.0 Å². The average molecular weight is 447 g/mol. The van der Waals surface area contributed by atoms with Gasteiger partial charge >= 0.3 is 5.97 Å². The van der Waals surface area contributed by atoms with Crippen LogP contribution in [0.25, 0.3) is 0 Å². The number of nitrogens with zero attached hydrogens (tertiary/aromatic N) is 2. The van der Waals surface area contributed by atoms with Gasteiger partial charge in [-0.1, -0.05) is 31.7 Å². The molecule has 0 N–H and O–H groups in total. The Kier molecular flexibility index (Phi) is 6.99. The van der Waals surface area contributed by atoms with Gasteiger partial charge in [-0.3, -0.25) is 9.69 Å². The van der Waals surface area contributed by atoms with Crippen molar-refractivity contribution in [2.75, 3.05) is 13.7 Å². The average Bonchev–Trinajstić information content (AvgIpc) is 2.97. The number of fused-ring (bicyclic) bond motifs is 1. The molecule has 8 heteroatoms. The summed E-state index contributed by atoms with van der Waals surface area (Å²) in [5, 5.41) is 0.324. The van der Waals surface area contributed by atoms with Gasteiger partial charge in [-0.25, -0.2) is 9.79 Å². The molecule has 31 heavy (non-hydrogen) atoms. The van der Waals surface area contributed by atoms with Crippen molar-refractivity contribution in [2.45, 2.75) is 58.9 Å². The van der Waals surface area contributed by atoms with Crippen molar-refractivity contribution in [2.24, 2.45) is 10.9 Å². The lowest BCUT2D eigenvalue weighted by atomic mass is 9.94. The fourth-order valence-electron chi connectivity index (χ4n) is 3.49. The number of amides is 1. The van der Waals surface area contributed by atoms with Crippen LogP contribution in [0, 0.1) is 5.92 Å². The number of hydrogen-bond donors (Lipinski definition) is 0. The van der Waals surface area contributed by atoms with Gasteiger partial charge in [0.05, 0.1) is 42.4 Å². The van der Waals surface area contributed by atoms with Crippen LogP contribution in [0.15, 0.2) is 34.5 Å². The van der Waals surface area contributed by atoms with Gasteiger partial charge in [0.2, 0.25) is 5.91 Å². The van der Waals surface area contributed by atoms with Crippen LogP contribution in [0.3, 0.4) is 0 Å². The first-order valence-corrected chi connectivity index (χ1v) is 11.3. The third kappa shape index (κ3) is 4.74. The third-order valence-corrected chi connectivity index (χ3v) is 5.95. The van der Waals surface area contributed by atoms with Crippen LogP contribution in [0.1, 0.15) is 53.1 Å². The molecular weight excluding hydrogens is 416 g/mol. The SMILES string of the molecule is COc1cc(C2C(C(=O)OC(C)C)=C(C)N=C3SC(C)C(=O)N32)ccc1OCC(C)C. The lowest BCUT2D eigenvalue weighted by Crippen LogP contribution is -2.40. The molecule has 1 fully saturated rings. The van der Waals surface area contributed by atoms with Crippen LogP contribution in [-0.4, -0.2) is 47.0 Å². The van der Waals surface area contributed by atoms with Gasteiger partial charge in [0, 0.05) is 0 Å². The fraction of sp³-hybridized carbons (Fsp3) is 0.522. The Labute approximate surface area is 187 Å². The lowest BCUT2D eigenvalue weighted by Gasteiger charge is -2.33. The van der Waals surface area contributed by atoms with Crippen molar-refractivity contribution in [1.29, 1.82) is 0 Å². The summed E-state index contributed by atoms with van der Waals surface area (Å²) in [6.45, 7) is 11.9. The zero-order valence-corrected chi connectivity index (χ0v) is 19.9. The van der Waals surface area contributed by atoms with Crippen LogP contribution >= 0.6 is 11.8 Å². The van der Waals surface area contributed by atoms with E-state index in [9.17, 15) is 9.59 Å². The first-order chi connectivity index (χ1) is 14.6. The number of esters is 1. The van der Waals surface area contributed by atoms with Gasteiger partial charge < -0.3 is 14.2 Å². The standard InChI is InChI=1S/C23H30N2O5S/c1-12(2)11-29-17-9-8-16(10-18(17)28-7)20-19(22(27)30-13(3)4)14(5)24-23-25(20)21(26)15(6)31-23/h8-10,12-13,15,20H,11H2,1-7H3. The molecule has 2 aliphatic heterocycles. The van der Waals surface area contributed by atoms with Gasteiger partial charge in [0.15, 0.2) is 16.7 Å². The number of allylic oxidation sites excluding steroid dienone is 1. The Morgan fingerprint density at radius 3 is 2.55 bits per heavy atom. The summed E-state index contributed by atoms with van der Waals surface area (Å²) in [5.41, 5.74) is 1.65. The van der Waals surface area contributed by atoms with Gasteiger partial charge in [-0.15, -0.1) is 0 Å². The lowest BCUT2D eigenvalue weighted by molar-refractivity contribution is -0.143. The molecule has 0 radical (unpaired) electrons. The normalized spacial score (nSPS) is 20.9. The number of carbonyl (C=O) groups is 2. The highest BCUT2D eigenvalue weighted by molar-refractivity contribution is 8.15. The van der Waals surface area contributed by atoms with E-state index in [4.69, 9.17) is 14.2 Å². The largest absolute Gasteiger partial charge is 0.493 e. The van der Waals surface area contributed by atoms with E-state index in [1.54, 1.807) is 32.8 Å². The number of carbonyl (C=O) groups excluding carboxylic acids is 2. The van der Waals surface area contributed by atoms with E-state index in [0.29, 0.717) is 40.5 Å². The number of aliphatic imine (C=N–C) groups is 1. The maximum absolute atomic E-state index is 13.0. The first-order valence-electron chi connectivity index (χ1n) is 10.4. The molecular formula is C23H30N2O5S. The molecule has 168 valence electrons. The Bertz CT molecular complexity index is 938. The molecule has 0 bridgehead atoms. The highest BCUT2D eigenvalue weighted by Gasteiger charge is 2.46. The molecule has 0 aliphatic carbocycles. The Morgan fingerprint density at radius 1 is 1.23 bits per heavy atom. The minimum atomic E-state index is -0.642. The highest BCUT2D eigenvalue weighted by atomic mass is 32.2. The summed E-state index contributed by atoms with van der Waals surface area (Å²) in [7, 11) is 1.57. The Hall–Kier alpha value is -2.48. The second-order valence-electron chi connectivity index (χ2n) is 8.33.